The Labute approximate surface area is 203 Å². The molecule has 4 rings (SSSR count). The number of rotatable bonds is 7. The Morgan fingerprint density at radius 1 is 0.943 bits per heavy atom. The van der Waals surface area contributed by atoms with Crippen LogP contribution in [0.15, 0.2) is 96.0 Å². The summed E-state index contributed by atoms with van der Waals surface area (Å²) in [6.07, 6.45) is 0.0321. The zero-order chi connectivity index (χ0) is 24.6. The number of hydrogen-bond donors (Lipinski definition) is 3. The summed E-state index contributed by atoms with van der Waals surface area (Å²) in [7, 11) is 0. The molecule has 0 aliphatic rings. The van der Waals surface area contributed by atoms with E-state index in [1.54, 1.807) is 30.3 Å². The molecule has 0 saturated carbocycles. The van der Waals surface area contributed by atoms with Gasteiger partial charge in [0.05, 0.1) is 17.8 Å². The first-order chi connectivity index (χ1) is 17.0. The molecule has 1 unspecified atom stereocenters. The average Bonchev–Trinajstić information content (AvgIpc) is 2.86. The van der Waals surface area contributed by atoms with Crippen LogP contribution in [0.25, 0.3) is 11.3 Å². The summed E-state index contributed by atoms with van der Waals surface area (Å²) in [6.45, 7) is 1.99. The topological polar surface area (TPSA) is 129 Å². The number of aromatic nitrogens is 2. The lowest BCUT2D eigenvalue weighted by Crippen LogP contribution is -2.23. The fourth-order valence-corrected chi connectivity index (χ4v) is 3.37. The molecule has 0 aliphatic carbocycles. The molecule has 5 N–H and O–H groups in total. The fraction of sp³-hybridized carbons (Fsp3) is 0.111. The molecule has 0 amide bonds. The lowest BCUT2D eigenvalue weighted by Gasteiger charge is -2.14. The molecule has 0 aliphatic heterocycles. The van der Waals surface area contributed by atoms with Crippen molar-refractivity contribution >= 4 is 23.4 Å². The van der Waals surface area contributed by atoms with Crippen LogP contribution in [-0.2, 0) is 4.79 Å². The second kappa shape index (κ2) is 11.0. The summed E-state index contributed by atoms with van der Waals surface area (Å²) in [6, 6.07) is 27.5. The first kappa shape index (κ1) is 23.6. The van der Waals surface area contributed by atoms with Crippen molar-refractivity contribution in [3.8, 4) is 17.0 Å². The molecule has 0 bridgehead atoms. The molecule has 3 aromatic carbocycles. The van der Waals surface area contributed by atoms with E-state index in [4.69, 9.17) is 16.2 Å². The molecule has 1 atom stereocenters. The van der Waals surface area contributed by atoms with Crippen LogP contribution in [0.2, 0.25) is 0 Å². The van der Waals surface area contributed by atoms with Gasteiger partial charge in [0.15, 0.2) is 17.5 Å². The molecule has 0 fully saturated rings. The van der Waals surface area contributed by atoms with Crippen molar-refractivity contribution in [2.24, 2.45) is 16.5 Å². The third kappa shape index (κ3) is 6.49. The van der Waals surface area contributed by atoms with E-state index in [1.165, 1.54) is 0 Å². The Balaban J connectivity index is 1.40. The number of para-hydroxylation sites is 2. The van der Waals surface area contributed by atoms with Crippen molar-refractivity contribution in [3.05, 3.63) is 102 Å². The second-order valence-electron chi connectivity index (χ2n) is 7.96. The van der Waals surface area contributed by atoms with Gasteiger partial charge in [-0.1, -0.05) is 72.3 Å². The quantitative estimate of drug-likeness (QED) is 0.158. The number of ether oxygens (including phenoxy) is 1. The van der Waals surface area contributed by atoms with Gasteiger partial charge in [-0.15, -0.1) is 10.2 Å². The molecule has 176 valence electrons. The number of anilines is 1. The highest BCUT2D eigenvalue weighted by molar-refractivity contribution is 5.95. The molecule has 8 heteroatoms. The number of carbonyl (C=O) groups is 1. The lowest BCUT2D eigenvalue weighted by molar-refractivity contribution is -0.134. The number of benzene rings is 3. The van der Waals surface area contributed by atoms with E-state index in [0.717, 1.165) is 22.4 Å². The Morgan fingerprint density at radius 3 is 2.37 bits per heavy atom. The third-order valence-electron chi connectivity index (χ3n) is 5.22. The normalized spacial score (nSPS) is 12.1. The number of nitrogens with two attached hydrogens (primary N) is 2. The van der Waals surface area contributed by atoms with Gasteiger partial charge in [-0.3, -0.25) is 4.79 Å². The van der Waals surface area contributed by atoms with Crippen molar-refractivity contribution < 1.29 is 9.53 Å². The highest BCUT2D eigenvalue weighted by Gasteiger charge is 2.15. The second-order valence-corrected chi connectivity index (χ2v) is 7.96. The molecule has 35 heavy (non-hydrogen) atoms. The molecular weight excluding hydrogens is 440 g/mol. The average molecular weight is 467 g/mol. The summed E-state index contributed by atoms with van der Waals surface area (Å²) in [4.78, 5) is 16.8. The zero-order valence-electron chi connectivity index (χ0n) is 19.3. The molecule has 1 heterocycles. The van der Waals surface area contributed by atoms with Crippen LogP contribution in [0.5, 0.6) is 5.75 Å². The first-order valence-electron chi connectivity index (χ1n) is 11.1. The monoisotopic (exact) mass is 466 g/mol. The standard InChI is InChI=1S/C27H26N6O2/c1-18-11-13-19(14-12-18)21(28)17-26(34)35-24-10-6-5-9-23(24)30-27(29)31-25-16-15-22(32-33-25)20-7-3-2-4-8-20/h2-16,21H,17,28H2,1H3,(H3,29,30,31,33). The van der Waals surface area contributed by atoms with E-state index < -0.39 is 12.0 Å². The van der Waals surface area contributed by atoms with Crippen LogP contribution >= 0.6 is 0 Å². The molecule has 1 aromatic heterocycles. The predicted molar refractivity (Wildman–Crippen MR) is 137 cm³/mol. The van der Waals surface area contributed by atoms with Gasteiger partial charge in [0, 0.05) is 11.6 Å². The van der Waals surface area contributed by atoms with Gasteiger partial charge < -0.3 is 21.5 Å². The van der Waals surface area contributed by atoms with Crippen LogP contribution in [0.4, 0.5) is 11.5 Å². The molecule has 0 saturated heterocycles. The number of esters is 1. The molecule has 4 aromatic rings. The third-order valence-corrected chi connectivity index (χ3v) is 5.22. The maximum Gasteiger partial charge on any atom is 0.313 e. The fourth-order valence-electron chi connectivity index (χ4n) is 3.37. The number of aliphatic imine (C=N–C) groups is 1. The SMILES string of the molecule is Cc1ccc(C(N)CC(=O)Oc2ccccc2NC(N)=Nc2ccc(-c3ccccc3)nn2)cc1. The van der Waals surface area contributed by atoms with E-state index in [2.05, 4.69) is 20.5 Å². The van der Waals surface area contributed by atoms with Gasteiger partial charge in [0.1, 0.15) is 0 Å². The van der Waals surface area contributed by atoms with Crippen LogP contribution < -0.4 is 21.5 Å². The summed E-state index contributed by atoms with van der Waals surface area (Å²) in [5.41, 5.74) is 16.4. The molecule has 0 radical (unpaired) electrons. The van der Waals surface area contributed by atoms with E-state index in [-0.39, 0.29) is 12.4 Å². The molecule has 0 spiro atoms. The van der Waals surface area contributed by atoms with E-state index in [9.17, 15) is 4.79 Å². The van der Waals surface area contributed by atoms with Gasteiger partial charge in [0.25, 0.3) is 0 Å². The minimum Gasteiger partial charge on any atom is -0.424 e. The highest BCUT2D eigenvalue weighted by Crippen LogP contribution is 2.25. The van der Waals surface area contributed by atoms with Gasteiger partial charge in [-0.05, 0) is 36.8 Å². The van der Waals surface area contributed by atoms with Crippen molar-refractivity contribution in [2.45, 2.75) is 19.4 Å². The summed E-state index contributed by atoms with van der Waals surface area (Å²) < 4.78 is 5.56. The summed E-state index contributed by atoms with van der Waals surface area (Å²) in [5, 5.41) is 11.3. The number of guanidine groups is 1. The van der Waals surface area contributed by atoms with E-state index >= 15 is 0 Å². The summed E-state index contributed by atoms with van der Waals surface area (Å²) >= 11 is 0. The van der Waals surface area contributed by atoms with Crippen LogP contribution in [-0.4, -0.2) is 22.1 Å². The number of nitrogens with one attached hydrogen (secondary N) is 1. The Hall–Kier alpha value is -4.56. The maximum atomic E-state index is 12.5. The van der Waals surface area contributed by atoms with Crippen LogP contribution in [0, 0.1) is 6.92 Å². The first-order valence-corrected chi connectivity index (χ1v) is 11.1. The van der Waals surface area contributed by atoms with E-state index in [1.807, 2.05) is 67.6 Å². The van der Waals surface area contributed by atoms with Gasteiger partial charge in [0.2, 0.25) is 0 Å². The van der Waals surface area contributed by atoms with Crippen molar-refractivity contribution in [3.63, 3.8) is 0 Å². The number of carbonyl (C=O) groups excluding carboxylic acids is 1. The van der Waals surface area contributed by atoms with E-state index in [0.29, 0.717) is 17.3 Å². The largest absolute Gasteiger partial charge is 0.424 e. The Morgan fingerprint density at radius 2 is 1.66 bits per heavy atom. The van der Waals surface area contributed by atoms with Crippen LogP contribution in [0.1, 0.15) is 23.6 Å². The number of nitrogens with zero attached hydrogens (tertiary/aromatic N) is 3. The molecule has 8 nitrogen and oxygen atoms in total. The van der Waals surface area contributed by atoms with Crippen molar-refractivity contribution in [2.75, 3.05) is 5.32 Å². The Bertz CT molecular complexity index is 1310. The van der Waals surface area contributed by atoms with Crippen molar-refractivity contribution in [1.82, 2.24) is 10.2 Å². The smallest absolute Gasteiger partial charge is 0.313 e. The molecular formula is C27H26N6O2. The Kier molecular flexibility index (Phi) is 7.44. The highest BCUT2D eigenvalue weighted by atomic mass is 16.5. The maximum absolute atomic E-state index is 12.5. The van der Waals surface area contributed by atoms with Crippen LogP contribution in [0.3, 0.4) is 0 Å². The number of hydrogen-bond acceptors (Lipinski definition) is 6. The van der Waals surface area contributed by atoms with Gasteiger partial charge in [-0.25, -0.2) is 0 Å². The van der Waals surface area contributed by atoms with Gasteiger partial charge >= 0.3 is 5.97 Å². The lowest BCUT2D eigenvalue weighted by atomic mass is 10.0. The zero-order valence-corrected chi connectivity index (χ0v) is 19.3. The van der Waals surface area contributed by atoms with Crippen molar-refractivity contribution in [1.29, 1.82) is 0 Å². The number of aryl methyl sites for hydroxylation is 1. The minimum absolute atomic E-state index is 0.0321. The van der Waals surface area contributed by atoms with Gasteiger partial charge in [-0.2, -0.15) is 4.99 Å². The minimum atomic E-state index is -0.465. The summed E-state index contributed by atoms with van der Waals surface area (Å²) in [5.74, 6) is 0.280. The predicted octanol–water partition coefficient (Wildman–Crippen LogP) is 4.51.